The number of halogens is 2. The van der Waals surface area contributed by atoms with Gasteiger partial charge in [-0.25, -0.2) is 16.8 Å². The molecule has 48 heavy (non-hydrogen) atoms. The van der Waals surface area contributed by atoms with Crippen LogP contribution in [0.3, 0.4) is 0 Å². The van der Waals surface area contributed by atoms with Crippen molar-refractivity contribution < 1.29 is 26.3 Å². The molecule has 4 aromatic rings. The molecule has 0 amide bonds. The Morgan fingerprint density at radius 2 is 1.10 bits per heavy atom. The molecule has 2 unspecified atom stereocenters. The fourth-order valence-corrected chi connectivity index (χ4v) is 11.1. The zero-order chi connectivity index (χ0) is 34.6. The molecule has 0 spiro atoms. The molecule has 0 saturated carbocycles. The first kappa shape index (κ1) is 36.5. The highest BCUT2D eigenvalue weighted by Crippen LogP contribution is 2.43. The van der Waals surface area contributed by atoms with Gasteiger partial charge >= 0.3 is 0 Å². The summed E-state index contributed by atoms with van der Waals surface area (Å²) < 4.78 is 64.0. The maximum Gasteiger partial charge on any atom is 0.180 e. The number of anilines is 4. The maximum absolute atomic E-state index is 12.9. The third-order valence-corrected chi connectivity index (χ3v) is 14.1. The third-order valence-electron chi connectivity index (χ3n) is 8.80. The highest BCUT2D eigenvalue weighted by Gasteiger charge is 2.34. The molecule has 0 fully saturated rings. The van der Waals surface area contributed by atoms with Crippen LogP contribution in [0.1, 0.15) is 26.7 Å². The van der Waals surface area contributed by atoms with Crippen molar-refractivity contribution in [3.8, 4) is 11.5 Å². The minimum Gasteiger partial charge on any atom is -0.496 e. The fourth-order valence-electron chi connectivity index (χ4n) is 6.10. The van der Waals surface area contributed by atoms with Gasteiger partial charge in [-0.3, -0.25) is 0 Å². The van der Waals surface area contributed by atoms with Crippen LogP contribution in [0.2, 0.25) is 0 Å². The molecule has 0 bridgehead atoms. The Morgan fingerprint density at radius 1 is 0.688 bits per heavy atom. The van der Waals surface area contributed by atoms with Gasteiger partial charge in [0, 0.05) is 36.6 Å². The van der Waals surface area contributed by atoms with E-state index in [-0.39, 0.29) is 23.3 Å². The second-order valence-corrected chi connectivity index (χ2v) is 17.9. The van der Waals surface area contributed by atoms with Crippen LogP contribution in [0.15, 0.2) is 99.2 Å². The van der Waals surface area contributed by atoms with Gasteiger partial charge < -0.3 is 19.3 Å². The standard InChI is InChI=1S/C18H20BrNO3S.C18H20INO3S/c2*1-3-13-11-20(14-7-5-4-6-8-14)16-9-15(19)17(23-2)10-18(16)24(21,22)12-13/h2*4-10,13H,3,11-12H2,1-2H3. The molecular formula is C36H40BrIN2O6S2. The summed E-state index contributed by atoms with van der Waals surface area (Å²) in [5, 5.41) is 0. The van der Waals surface area contributed by atoms with Crippen LogP contribution in [0.4, 0.5) is 22.7 Å². The SMILES string of the molecule is CCC1CN(c2ccccc2)c2cc(Br)c(OC)cc2S(=O)(=O)C1.CCC1CN(c2ccccc2)c2cc(I)c(OC)cc2S(=O)(=O)C1. The van der Waals surface area contributed by atoms with Gasteiger partial charge in [0.25, 0.3) is 0 Å². The summed E-state index contributed by atoms with van der Waals surface area (Å²) in [5.41, 5.74) is 3.44. The normalized spacial score (nSPS) is 19.5. The maximum atomic E-state index is 12.9. The summed E-state index contributed by atoms with van der Waals surface area (Å²) in [6.45, 7) is 5.44. The quantitative estimate of drug-likeness (QED) is 0.178. The summed E-state index contributed by atoms with van der Waals surface area (Å²) >= 11 is 5.67. The van der Waals surface area contributed by atoms with E-state index in [9.17, 15) is 16.8 Å². The summed E-state index contributed by atoms with van der Waals surface area (Å²) in [7, 11) is -3.62. The lowest BCUT2D eigenvalue weighted by molar-refractivity contribution is 0.410. The van der Waals surface area contributed by atoms with Crippen LogP contribution >= 0.6 is 38.5 Å². The van der Waals surface area contributed by atoms with Crippen molar-refractivity contribution in [1.82, 2.24) is 0 Å². The Labute approximate surface area is 306 Å². The fraction of sp³-hybridized carbons (Fsp3) is 0.333. The van der Waals surface area contributed by atoms with Gasteiger partial charge in [0.1, 0.15) is 11.5 Å². The molecule has 2 aliphatic heterocycles. The van der Waals surface area contributed by atoms with Crippen molar-refractivity contribution in [3.05, 3.63) is 93.0 Å². The highest BCUT2D eigenvalue weighted by atomic mass is 127. The van der Waals surface area contributed by atoms with Gasteiger partial charge in [0.15, 0.2) is 19.7 Å². The number of hydrogen-bond acceptors (Lipinski definition) is 8. The average molecular weight is 868 g/mol. The summed E-state index contributed by atoms with van der Waals surface area (Å²) in [4.78, 5) is 4.91. The molecule has 8 nitrogen and oxygen atoms in total. The molecule has 6 rings (SSSR count). The molecule has 0 saturated heterocycles. The minimum absolute atomic E-state index is 0.0763. The van der Waals surface area contributed by atoms with E-state index < -0.39 is 19.7 Å². The molecule has 12 heteroatoms. The summed E-state index contributed by atoms with van der Waals surface area (Å²) in [5.74, 6) is 1.62. The average Bonchev–Trinajstić information content (AvgIpc) is 3.27. The van der Waals surface area contributed by atoms with E-state index in [1.807, 2.05) is 86.6 Å². The van der Waals surface area contributed by atoms with Crippen LogP contribution in [-0.4, -0.2) is 55.7 Å². The molecule has 0 N–H and O–H groups in total. The Morgan fingerprint density at radius 3 is 1.52 bits per heavy atom. The number of para-hydroxylation sites is 2. The molecule has 0 radical (unpaired) electrons. The zero-order valence-electron chi connectivity index (χ0n) is 27.4. The highest BCUT2D eigenvalue weighted by molar-refractivity contribution is 14.1. The van der Waals surface area contributed by atoms with E-state index >= 15 is 0 Å². The molecule has 2 heterocycles. The number of rotatable bonds is 6. The number of benzene rings is 4. The minimum atomic E-state index is -3.37. The first-order chi connectivity index (χ1) is 22.9. The zero-order valence-corrected chi connectivity index (χ0v) is 32.8. The van der Waals surface area contributed by atoms with Gasteiger partial charge in [-0.05, 0) is 86.8 Å². The predicted molar refractivity (Wildman–Crippen MR) is 205 cm³/mol. The number of sulfone groups is 2. The lowest BCUT2D eigenvalue weighted by Gasteiger charge is -2.27. The van der Waals surface area contributed by atoms with Crippen molar-refractivity contribution in [2.45, 2.75) is 36.5 Å². The lowest BCUT2D eigenvalue weighted by Crippen LogP contribution is -2.25. The smallest absolute Gasteiger partial charge is 0.180 e. The number of ether oxygens (including phenoxy) is 2. The molecule has 4 aromatic carbocycles. The van der Waals surface area contributed by atoms with Crippen LogP contribution in [-0.2, 0) is 19.7 Å². The first-order valence-electron chi connectivity index (χ1n) is 15.8. The van der Waals surface area contributed by atoms with Crippen LogP contribution in [0, 0.1) is 15.4 Å². The molecule has 0 aromatic heterocycles. The van der Waals surface area contributed by atoms with E-state index in [0.717, 1.165) is 37.9 Å². The second kappa shape index (κ2) is 15.4. The molecule has 256 valence electrons. The van der Waals surface area contributed by atoms with Gasteiger partial charge in [-0.1, -0.05) is 63.1 Å². The van der Waals surface area contributed by atoms with Gasteiger partial charge in [0.05, 0.1) is 54.9 Å². The summed E-state index contributed by atoms with van der Waals surface area (Å²) in [6, 6.07) is 26.9. The van der Waals surface area contributed by atoms with E-state index in [2.05, 4.69) is 48.3 Å². The van der Waals surface area contributed by atoms with Crippen molar-refractivity contribution in [2.24, 2.45) is 11.8 Å². The van der Waals surface area contributed by atoms with Crippen LogP contribution < -0.4 is 19.3 Å². The van der Waals surface area contributed by atoms with Crippen molar-refractivity contribution in [1.29, 1.82) is 0 Å². The van der Waals surface area contributed by atoms with E-state index in [1.54, 1.807) is 26.4 Å². The summed E-state index contributed by atoms with van der Waals surface area (Å²) in [6.07, 6.45) is 1.64. The third kappa shape index (κ3) is 7.81. The lowest BCUT2D eigenvalue weighted by atomic mass is 10.1. The van der Waals surface area contributed by atoms with Gasteiger partial charge in [-0.15, -0.1) is 0 Å². The molecular weight excluding hydrogens is 827 g/mol. The van der Waals surface area contributed by atoms with Crippen molar-refractivity contribution in [2.75, 3.05) is 48.6 Å². The molecule has 2 aliphatic rings. The van der Waals surface area contributed by atoms with Gasteiger partial charge in [-0.2, -0.15) is 0 Å². The van der Waals surface area contributed by atoms with E-state index in [1.165, 1.54) is 0 Å². The Bertz CT molecular complexity index is 1820. The molecule has 2 atom stereocenters. The van der Waals surface area contributed by atoms with Crippen LogP contribution in [0.5, 0.6) is 11.5 Å². The monoisotopic (exact) mass is 866 g/mol. The first-order valence-corrected chi connectivity index (χ1v) is 21.0. The van der Waals surface area contributed by atoms with Crippen molar-refractivity contribution in [3.63, 3.8) is 0 Å². The number of methoxy groups -OCH3 is 2. The Kier molecular flexibility index (Phi) is 11.7. The van der Waals surface area contributed by atoms with Crippen LogP contribution in [0.25, 0.3) is 0 Å². The van der Waals surface area contributed by atoms with Crippen molar-refractivity contribution >= 4 is 80.9 Å². The number of hydrogen-bond donors (Lipinski definition) is 0. The topological polar surface area (TPSA) is 93.2 Å². The van der Waals surface area contributed by atoms with E-state index in [0.29, 0.717) is 40.1 Å². The van der Waals surface area contributed by atoms with E-state index in [4.69, 9.17) is 9.47 Å². The second-order valence-electron chi connectivity index (χ2n) is 11.9. The Balaban J connectivity index is 0.000000188. The Hall–Kier alpha value is -2.81. The van der Waals surface area contributed by atoms with Gasteiger partial charge in [0.2, 0.25) is 0 Å². The molecule has 0 aliphatic carbocycles. The number of fused-ring (bicyclic) bond motifs is 2. The number of nitrogens with zero attached hydrogens (tertiary/aromatic N) is 2. The largest absolute Gasteiger partial charge is 0.496 e. The predicted octanol–water partition coefficient (Wildman–Crippen LogP) is 8.66.